The van der Waals surface area contributed by atoms with Crippen molar-refractivity contribution in [3.05, 3.63) is 29.3 Å². The minimum atomic E-state index is -0.444. The summed E-state index contributed by atoms with van der Waals surface area (Å²) in [5.74, 6) is 2.92. The summed E-state index contributed by atoms with van der Waals surface area (Å²) in [6.07, 6.45) is 5.29. The third-order valence-corrected chi connectivity index (χ3v) is 2.12. The molecule has 0 unspecified atom stereocenters. The standard InChI is InChI=1S/C14H16O3/c1-5-11-6-7-13(17-9-10(2)3)12(8-11)14(15)16-4/h1,6-8,10H,9H2,2-4H3. The van der Waals surface area contributed by atoms with Crippen molar-refractivity contribution in [3.63, 3.8) is 0 Å². The zero-order valence-electron chi connectivity index (χ0n) is 10.3. The number of carbonyl (C=O) groups excluding carboxylic acids is 1. The van der Waals surface area contributed by atoms with Gasteiger partial charge in [-0.3, -0.25) is 0 Å². The van der Waals surface area contributed by atoms with Crippen molar-refractivity contribution >= 4 is 5.97 Å². The quantitative estimate of drug-likeness (QED) is 0.591. The van der Waals surface area contributed by atoms with E-state index in [1.807, 2.05) is 13.8 Å². The van der Waals surface area contributed by atoms with Gasteiger partial charge in [0, 0.05) is 5.56 Å². The van der Waals surface area contributed by atoms with E-state index in [-0.39, 0.29) is 0 Å². The number of methoxy groups -OCH3 is 1. The van der Waals surface area contributed by atoms with Gasteiger partial charge in [0.2, 0.25) is 0 Å². The van der Waals surface area contributed by atoms with Gasteiger partial charge in [0.1, 0.15) is 11.3 Å². The first-order valence-corrected chi connectivity index (χ1v) is 5.40. The van der Waals surface area contributed by atoms with Crippen LogP contribution in [-0.4, -0.2) is 19.7 Å². The van der Waals surface area contributed by atoms with Gasteiger partial charge in [-0.15, -0.1) is 6.42 Å². The van der Waals surface area contributed by atoms with Crippen LogP contribution in [-0.2, 0) is 4.74 Å². The summed E-state index contributed by atoms with van der Waals surface area (Å²) < 4.78 is 10.2. The highest BCUT2D eigenvalue weighted by Crippen LogP contribution is 2.21. The fourth-order valence-electron chi connectivity index (χ4n) is 1.27. The summed E-state index contributed by atoms with van der Waals surface area (Å²) in [6, 6.07) is 5.04. The molecule has 1 rings (SSSR count). The lowest BCUT2D eigenvalue weighted by Gasteiger charge is -2.12. The third-order valence-electron chi connectivity index (χ3n) is 2.12. The van der Waals surface area contributed by atoms with Crippen LogP contribution in [0.5, 0.6) is 5.75 Å². The number of ether oxygens (including phenoxy) is 2. The van der Waals surface area contributed by atoms with Gasteiger partial charge in [-0.25, -0.2) is 4.79 Å². The minimum absolute atomic E-state index is 0.364. The zero-order chi connectivity index (χ0) is 12.8. The molecule has 0 saturated heterocycles. The van der Waals surface area contributed by atoms with Crippen LogP contribution in [0.25, 0.3) is 0 Å². The van der Waals surface area contributed by atoms with E-state index < -0.39 is 5.97 Å². The Kier molecular flexibility index (Phi) is 4.59. The highest BCUT2D eigenvalue weighted by Gasteiger charge is 2.14. The molecule has 0 radical (unpaired) electrons. The average Bonchev–Trinajstić information content (AvgIpc) is 2.35. The second-order valence-electron chi connectivity index (χ2n) is 4.05. The van der Waals surface area contributed by atoms with Crippen LogP contribution < -0.4 is 4.74 Å². The second-order valence-corrected chi connectivity index (χ2v) is 4.05. The molecule has 1 aromatic carbocycles. The predicted octanol–water partition coefficient (Wildman–Crippen LogP) is 2.49. The fraction of sp³-hybridized carbons (Fsp3) is 0.357. The van der Waals surface area contributed by atoms with Crippen molar-refractivity contribution in [2.45, 2.75) is 13.8 Å². The van der Waals surface area contributed by atoms with Crippen LogP contribution in [0.4, 0.5) is 0 Å². The summed E-state index contributed by atoms with van der Waals surface area (Å²) in [4.78, 5) is 11.6. The zero-order valence-corrected chi connectivity index (χ0v) is 10.3. The molecular formula is C14H16O3. The van der Waals surface area contributed by atoms with Gasteiger partial charge < -0.3 is 9.47 Å². The van der Waals surface area contributed by atoms with E-state index in [2.05, 4.69) is 5.92 Å². The van der Waals surface area contributed by atoms with Crippen LogP contribution in [0.1, 0.15) is 29.8 Å². The topological polar surface area (TPSA) is 35.5 Å². The molecular weight excluding hydrogens is 216 g/mol. The Labute approximate surface area is 102 Å². The van der Waals surface area contributed by atoms with E-state index in [1.165, 1.54) is 7.11 Å². The lowest BCUT2D eigenvalue weighted by atomic mass is 10.1. The van der Waals surface area contributed by atoms with Gasteiger partial charge in [0.05, 0.1) is 13.7 Å². The Morgan fingerprint density at radius 3 is 2.71 bits per heavy atom. The maximum atomic E-state index is 11.6. The monoisotopic (exact) mass is 232 g/mol. The van der Waals surface area contributed by atoms with Gasteiger partial charge in [-0.1, -0.05) is 19.8 Å². The van der Waals surface area contributed by atoms with Crippen LogP contribution in [0.2, 0.25) is 0 Å². The fourth-order valence-corrected chi connectivity index (χ4v) is 1.27. The summed E-state index contributed by atoms with van der Waals surface area (Å²) in [7, 11) is 1.33. The second kappa shape index (κ2) is 5.95. The smallest absolute Gasteiger partial charge is 0.341 e. The van der Waals surface area contributed by atoms with Crippen LogP contribution >= 0.6 is 0 Å². The lowest BCUT2D eigenvalue weighted by molar-refractivity contribution is 0.0595. The molecule has 0 amide bonds. The number of rotatable bonds is 4. The number of carbonyl (C=O) groups is 1. The van der Waals surface area contributed by atoms with Gasteiger partial charge in [-0.2, -0.15) is 0 Å². The number of terminal acetylenes is 1. The highest BCUT2D eigenvalue weighted by molar-refractivity contribution is 5.92. The molecule has 0 atom stereocenters. The molecule has 0 fully saturated rings. The maximum Gasteiger partial charge on any atom is 0.341 e. The van der Waals surface area contributed by atoms with E-state index in [0.29, 0.717) is 29.4 Å². The number of esters is 1. The average molecular weight is 232 g/mol. The summed E-state index contributed by atoms with van der Waals surface area (Å²) >= 11 is 0. The molecule has 0 spiro atoms. The summed E-state index contributed by atoms with van der Waals surface area (Å²) in [5.41, 5.74) is 0.992. The molecule has 0 aromatic heterocycles. The normalized spacial score (nSPS) is 9.82. The molecule has 3 heteroatoms. The third kappa shape index (κ3) is 3.53. The molecule has 3 nitrogen and oxygen atoms in total. The first-order chi connectivity index (χ1) is 8.08. The number of benzene rings is 1. The van der Waals surface area contributed by atoms with E-state index in [0.717, 1.165) is 0 Å². The highest BCUT2D eigenvalue weighted by atomic mass is 16.5. The molecule has 0 heterocycles. The van der Waals surface area contributed by atoms with Crippen molar-refractivity contribution in [1.82, 2.24) is 0 Å². The minimum Gasteiger partial charge on any atom is -0.492 e. The van der Waals surface area contributed by atoms with Crippen LogP contribution in [0, 0.1) is 18.3 Å². The van der Waals surface area contributed by atoms with E-state index in [4.69, 9.17) is 15.9 Å². The Morgan fingerprint density at radius 2 is 2.18 bits per heavy atom. The first kappa shape index (κ1) is 13.1. The molecule has 17 heavy (non-hydrogen) atoms. The molecule has 0 saturated carbocycles. The number of hydrogen-bond acceptors (Lipinski definition) is 3. The summed E-state index contributed by atoms with van der Waals surface area (Å²) in [5, 5.41) is 0. The van der Waals surface area contributed by atoms with Gasteiger partial charge in [-0.05, 0) is 24.1 Å². The van der Waals surface area contributed by atoms with Crippen LogP contribution in [0.3, 0.4) is 0 Å². The Bertz CT molecular complexity index is 441. The summed E-state index contributed by atoms with van der Waals surface area (Å²) in [6.45, 7) is 4.61. The number of hydrogen-bond donors (Lipinski definition) is 0. The predicted molar refractivity (Wildman–Crippen MR) is 66.0 cm³/mol. The van der Waals surface area contributed by atoms with Crippen molar-refractivity contribution in [2.24, 2.45) is 5.92 Å². The Morgan fingerprint density at radius 1 is 1.47 bits per heavy atom. The SMILES string of the molecule is C#Cc1ccc(OCC(C)C)c(C(=O)OC)c1. The Hall–Kier alpha value is -1.95. The maximum absolute atomic E-state index is 11.6. The van der Waals surface area contributed by atoms with Crippen LogP contribution in [0.15, 0.2) is 18.2 Å². The van der Waals surface area contributed by atoms with Crippen molar-refractivity contribution < 1.29 is 14.3 Å². The molecule has 0 aliphatic rings. The van der Waals surface area contributed by atoms with E-state index in [1.54, 1.807) is 18.2 Å². The van der Waals surface area contributed by atoms with Gasteiger partial charge in [0.15, 0.2) is 0 Å². The van der Waals surface area contributed by atoms with Crippen molar-refractivity contribution in [2.75, 3.05) is 13.7 Å². The van der Waals surface area contributed by atoms with Crippen molar-refractivity contribution in [1.29, 1.82) is 0 Å². The Balaban J connectivity index is 3.03. The molecule has 0 N–H and O–H groups in total. The first-order valence-electron chi connectivity index (χ1n) is 5.40. The molecule has 1 aromatic rings. The van der Waals surface area contributed by atoms with Gasteiger partial charge >= 0.3 is 5.97 Å². The molecule has 0 bridgehead atoms. The van der Waals surface area contributed by atoms with E-state index in [9.17, 15) is 4.79 Å². The van der Waals surface area contributed by atoms with Crippen molar-refractivity contribution in [3.8, 4) is 18.1 Å². The van der Waals surface area contributed by atoms with Gasteiger partial charge in [0.25, 0.3) is 0 Å². The molecule has 0 aliphatic carbocycles. The molecule has 90 valence electrons. The van der Waals surface area contributed by atoms with E-state index >= 15 is 0 Å². The largest absolute Gasteiger partial charge is 0.492 e. The molecule has 0 aliphatic heterocycles. The lowest BCUT2D eigenvalue weighted by Crippen LogP contribution is -2.10.